The normalized spacial score (nSPS) is 15.7. The van der Waals surface area contributed by atoms with Crippen molar-refractivity contribution >= 4 is 22.9 Å². The van der Waals surface area contributed by atoms with Crippen LogP contribution in [0, 0.1) is 5.41 Å². The number of para-hydroxylation sites is 2. The van der Waals surface area contributed by atoms with Crippen LogP contribution in [-0.2, 0) is 23.2 Å². The SMILES string of the molecule is Cn1c(=O)n(CC(=O)NCC2(C(=O)O)CC2)c2ccccc21. The number of rotatable bonds is 5. The number of hydrogen-bond acceptors (Lipinski definition) is 3. The largest absolute Gasteiger partial charge is 0.481 e. The van der Waals surface area contributed by atoms with Gasteiger partial charge in [0.2, 0.25) is 5.91 Å². The average Bonchev–Trinajstić information content (AvgIpc) is 3.26. The van der Waals surface area contributed by atoms with E-state index in [-0.39, 0.29) is 24.7 Å². The summed E-state index contributed by atoms with van der Waals surface area (Å²) < 4.78 is 2.88. The number of imidazole rings is 1. The van der Waals surface area contributed by atoms with E-state index in [4.69, 9.17) is 5.11 Å². The van der Waals surface area contributed by atoms with Crippen molar-refractivity contribution in [2.45, 2.75) is 19.4 Å². The molecule has 2 aromatic rings. The van der Waals surface area contributed by atoms with E-state index in [0.717, 1.165) is 5.52 Å². The molecular formula is C15H17N3O4. The summed E-state index contributed by atoms with van der Waals surface area (Å²) in [5.41, 5.74) is 0.365. The number of nitrogens with one attached hydrogen (secondary N) is 1. The van der Waals surface area contributed by atoms with E-state index < -0.39 is 11.4 Å². The van der Waals surface area contributed by atoms with Crippen molar-refractivity contribution in [1.82, 2.24) is 14.5 Å². The summed E-state index contributed by atoms with van der Waals surface area (Å²) in [5.74, 6) is -1.24. The van der Waals surface area contributed by atoms with Crippen LogP contribution in [0.4, 0.5) is 0 Å². The maximum atomic E-state index is 12.2. The van der Waals surface area contributed by atoms with Gasteiger partial charge in [-0.05, 0) is 25.0 Å². The number of aryl methyl sites for hydroxylation is 1. The monoisotopic (exact) mass is 303 g/mol. The van der Waals surface area contributed by atoms with Crippen molar-refractivity contribution in [2.75, 3.05) is 6.54 Å². The zero-order valence-corrected chi connectivity index (χ0v) is 12.2. The summed E-state index contributed by atoms with van der Waals surface area (Å²) in [5, 5.41) is 11.7. The summed E-state index contributed by atoms with van der Waals surface area (Å²) in [6.45, 7) is -0.00340. The van der Waals surface area contributed by atoms with Crippen molar-refractivity contribution in [1.29, 1.82) is 0 Å². The standard InChI is InChI=1S/C15H17N3O4/c1-17-10-4-2-3-5-11(10)18(14(17)22)8-12(19)16-9-15(6-7-15)13(20)21/h2-5H,6-9H2,1H3,(H,16,19)(H,20,21). The Hall–Kier alpha value is -2.57. The number of amides is 1. The lowest BCUT2D eigenvalue weighted by Gasteiger charge is -2.11. The lowest BCUT2D eigenvalue weighted by molar-refractivity contribution is -0.143. The van der Waals surface area contributed by atoms with Gasteiger partial charge in [0.15, 0.2) is 0 Å². The molecule has 1 aromatic heterocycles. The van der Waals surface area contributed by atoms with E-state index in [1.807, 2.05) is 12.1 Å². The minimum absolute atomic E-state index is 0.112. The van der Waals surface area contributed by atoms with Gasteiger partial charge in [-0.1, -0.05) is 12.1 Å². The molecule has 2 N–H and O–H groups in total. The van der Waals surface area contributed by atoms with E-state index in [9.17, 15) is 14.4 Å². The number of fused-ring (bicyclic) bond motifs is 1. The number of hydrogen-bond donors (Lipinski definition) is 2. The Morgan fingerprint density at radius 2 is 1.91 bits per heavy atom. The molecule has 1 fully saturated rings. The Morgan fingerprint density at radius 3 is 2.50 bits per heavy atom. The molecule has 22 heavy (non-hydrogen) atoms. The third-order valence-electron chi connectivity index (χ3n) is 4.28. The van der Waals surface area contributed by atoms with Gasteiger partial charge in [0, 0.05) is 13.6 Å². The molecular weight excluding hydrogens is 286 g/mol. The number of benzene rings is 1. The summed E-state index contributed by atoms with van der Waals surface area (Å²) >= 11 is 0. The maximum Gasteiger partial charge on any atom is 0.329 e. The Labute approximate surface area is 126 Å². The number of carboxylic acid groups (broad SMARTS) is 1. The number of carboxylic acids is 1. The van der Waals surface area contributed by atoms with Crippen LogP contribution in [0.25, 0.3) is 11.0 Å². The van der Waals surface area contributed by atoms with E-state index in [0.29, 0.717) is 18.4 Å². The predicted molar refractivity (Wildman–Crippen MR) is 79.5 cm³/mol. The molecule has 0 radical (unpaired) electrons. The third kappa shape index (κ3) is 2.28. The van der Waals surface area contributed by atoms with Crippen molar-refractivity contribution in [3.63, 3.8) is 0 Å². The molecule has 0 aliphatic heterocycles. The fourth-order valence-electron chi connectivity index (χ4n) is 2.60. The molecule has 1 heterocycles. The van der Waals surface area contributed by atoms with Crippen molar-refractivity contribution in [2.24, 2.45) is 12.5 Å². The number of nitrogens with zero attached hydrogens (tertiary/aromatic N) is 2. The summed E-state index contributed by atoms with van der Waals surface area (Å²) in [7, 11) is 1.66. The quantitative estimate of drug-likeness (QED) is 0.832. The smallest absolute Gasteiger partial charge is 0.329 e. The van der Waals surface area contributed by atoms with Gasteiger partial charge < -0.3 is 10.4 Å². The molecule has 0 unspecified atom stereocenters. The Kier molecular flexibility index (Phi) is 3.27. The van der Waals surface area contributed by atoms with Crippen LogP contribution < -0.4 is 11.0 Å². The Balaban J connectivity index is 1.76. The second kappa shape index (κ2) is 5.01. The van der Waals surface area contributed by atoms with E-state index in [1.54, 1.807) is 19.2 Å². The number of carbonyl (C=O) groups is 2. The van der Waals surface area contributed by atoms with Gasteiger partial charge in [0.25, 0.3) is 0 Å². The molecule has 3 rings (SSSR count). The molecule has 0 saturated heterocycles. The van der Waals surface area contributed by atoms with Gasteiger partial charge >= 0.3 is 11.7 Å². The minimum Gasteiger partial charge on any atom is -0.481 e. The fraction of sp³-hybridized carbons (Fsp3) is 0.400. The lowest BCUT2D eigenvalue weighted by atomic mass is 10.1. The summed E-state index contributed by atoms with van der Waals surface area (Å²) in [6.07, 6.45) is 1.16. The van der Waals surface area contributed by atoms with Crippen LogP contribution in [-0.4, -0.2) is 32.7 Å². The Bertz CT molecular complexity index is 814. The van der Waals surface area contributed by atoms with Crippen molar-refractivity contribution < 1.29 is 14.7 Å². The van der Waals surface area contributed by atoms with Crippen LogP contribution in [0.5, 0.6) is 0 Å². The second-order valence-corrected chi connectivity index (χ2v) is 5.78. The summed E-state index contributed by atoms with van der Waals surface area (Å²) in [4.78, 5) is 35.3. The highest BCUT2D eigenvalue weighted by atomic mass is 16.4. The van der Waals surface area contributed by atoms with E-state index >= 15 is 0 Å². The molecule has 0 bridgehead atoms. The van der Waals surface area contributed by atoms with Gasteiger partial charge in [-0.3, -0.25) is 18.7 Å². The first-order valence-electron chi connectivity index (χ1n) is 7.09. The molecule has 0 spiro atoms. The third-order valence-corrected chi connectivity index (χ3v) is 4.28. The van der Waals surface area contributed by atoms with E-state index in [2.05, 4.69) is 5.32 Å². The zero-order valence-electron chi connectivity index (χ0n) is 12.2. The van der Waals surface area contributed by atoms with Gasteiger partial charge in [-0.2, -0.15) is 0 Å². The van der Waals surface area contributed by atoms with E-state index in [1.165, 1.54) is 9.13 Å². The molecule has 116 valence electrons. The maximum absolute atomic E-state index is 12.2. The highest BCUT2D eigenvalue weighted by molar-refractivity contribution is 5.82. The molecule has 0 atom stereocenters. The first kappa shape index (κ1) is 14.4. The molecule has 1 aromatic carbocycles. The van der Waals surface area contributed by atoms with Crippen LogP contribution in [0.3, 0.4) is 0 Å². The molecule has 1 amide bonds. The Morgan fingerprint density at radius 1 is 1.27 bits per heavy atom. The van der Waals surface area contributed by atoms with Crippen LogP contribution in [0.1, 0.15) is 12.8 Å². The second-order valence-electron chi connectivity index (χ2n) is 5.78. The highest BCUT2D eigenvalue weighted by Gasteiger charge is 2.50. The van der Waals surface area contributed by atoms with Crippen LogP contribution >= 0.6 is 0 Å². The first-order chi connectivity index (χ1) is 10.4. The molecule has 7 heteroatoms. The average molecular weight is 303 g/mol. The van der Waals surface area contributed by atoms with Crippen molar-refractivity contribution in [3.8, 4) is 0 Å². The molecule has 1 aliphatic rings. The van der Waals surface area contributed by atoms with Crippen molar-refractivity contribution in [3.05, 3.63) is 34.7 Å². The first-order valence-corrected chi connectivity index (χ1v) is 7.09. The lowest BCUT2D eigenvalue weighted by Crippen LogP contribution is -2.37. The zero-order chi connectivity index (χ0) is 15.9. The number of aliphatic carboxylic acids is 1. The van der Waals surface area contributed by atoms with Crippen LogP contribution in [0.2, 0.25) is 0 Å². The van der Waals surface area contributed by atoms with Gasteiger partial charge in [0.05, 0.1) is 16.4 Å². The van der Waals surface area contributed by atoms with Gasteiger partial charge in [-0.25, -0.2) is 4.79 Å². The fourth-order valence-corrected chi connectivity index (χ4v) is 2.60. The predicted octanol–water partition coefficient (Wildman–Crippen LogP) is 0.321. The van der Waals surface area contributed by atoms with Gasteiger partial charge in [0.1, 0.15) is 6.54 Å². The number of aromatic nitrogens is 2. The highest BCUT2D eigenvalue weighted by Crippen LogP contribution is 2.45. The van der Waals surface area contributed by atoms with Crippen LogP contribution in [0.15, 0.2) is 29.1 Å². The summed E-state index contributed by atoms with van der Waals surface area (Å²) in [6, 6.07) is 7.23. The number of carbonyl (C=O) groups excluding carboxylic acids is 1. The molecule has 1 aliphatic carbocycles. The van der Waals surface area contributed by atoms with Gasteiger partial charge in [-0.15, -0.1) is 0 Å². The molecule has 7 nitrogen and oxygen atoms in total. The topological polar surface area (TPSA) is 93.3 Å². The minimum atomic E-state index is -0.880. The molecule has 1 saturated carbocycles.